The molecule has 1 aromatic heterocycles. The largest absolute Gasteiger partial charge is 0.496 e. The quantitative estimate of drug-likeness (QED) is 0.884. The molecular formula is C14H19N3O. The zero-order chi connectivity index (χ0) is 13.4. The number of aromatic nitrogens is 2. The van der Waals surface area contributed by atoms with Crippen LogP contribution in [0.1, 0.15) is 16.8 Å². The lowest BCUT2D eigenvalue weighted by Crippen LogP contribution is -1.99. The zero-order valence-electron chi connectivity index (χ0n) is 11.5. The summed E-state index contributed by atoms with van der Waals surface area (Å²) in [4.78, 5) is 0. The molecule has 0 amide bonds. The summed E-state index contributed by atoms with van der Waals surface area (Å²) in [5.74, 6) is 1.59. The summed E-state index contributed by atoms with van der Waals surface area (Å²) in [6, 6.07) is 4.02. The van der Waals surface area contributed by atoms with Gasteiger partial charge in [0.15, 0.2) is 0 Å². The lowest BCUT2D eigenvalue weighted by molar-refractivity contribution is 0.411. The average molecular weight is 245 g/mol. The molecule has 1 heterocycles. The fourth-order valence-electron chi connectivity index (χ4n) is 2.30. The molecule has 18 heavy (non-hydrogen) atoms. The van der Waals surface area contributed by atoms with Crippen molar-refractivity contribution in [1.29, 1.82) is 0 Å². The van der Waals surface area contributed by atoms with Gasteiger partial charge in [-0.15, -0.1) is 0 Å². The minimum Gasteiger partial charge on any atom is -0.496 e. The van der Waals surface area contributed by atoms with Crippen LogP contribution in [-0.2, 0) is 7.05 Å². The molecule has 0 aliphatic rings. The number of aryl methyl sites for hydroxylation is 2. The molecule has 0 unspecified atom stereocenters. The summed E-state index contributed by atoms with van der Waals surface area (Å²) in [7, 11) is 3.54. The Morgan fingerprint density at radius 3 is 2.33 bits per heavy atom. The molecule has 0 atom stereocenters. The fraction of sp³-hybridized carbons (Fsp3) is 0.357. The Labute approximate surface area is 107 Å². The molecular weight excluding hydrogens is 226 g/mol. The molecule has 4 heteroatoms. The van der Waals surface area contributed by atoms with Gasteiger partial charge in [-0.05, 0) is 43.5 Å². The number of hydrogen-bond donors (Lipinski definition) is 1. The van der Waals surface area contributed by atoms with Crippen LogP contribution in [0.5, 0.6) is 5.75 Å². The Morgan fingerprint density at radius 2 is 1.83 bits per heavy atom. The standard InChI is InChI=1S/C14H19N3O/c1-8-9(2)12(18-5)7-6-11(8)13-10(3)16-17(4)14(13)15/h6-7H,15H2,1-5H3. The van der Waals surface area contributed by atoms with E-state index in [0.717, 1.165) is 28.1 Å². The van der Waals surface area contributed by atoms with Gasteiger partial charge in [0.25, 0.3) is 0 Å². The third kappa shape index (κ3) is 1.74. The van der Waals surface area contributed by atoms with Crippen LogP contribution in [0.3, 0.4) is 0 Å². The fourth-order valence-corrected chi connectivity index (χ4v) is 2.30. The summed E-state index contributed by atoms with van der Waals surface area (Å²) in [6.45, 7) is 6.11. The Hall–Kier alpha value is -1.97. The van der Waals surface area contributed by atoms with E-state index in [1.54, 1.807) is 11.8 Å². The monoisotopic (exact) mass is 245 g/mol. The van der Waals surface area contributed by atoms with E-state index in [1.807, 2.05) is 26.1 Å². The predicted molar refractivity (Wildman–Crippen MR) is 73.8 cm³/mol. The van der Waals surface area contributed by atoms with Gasteiger partial charge >= 0.3 is 0 Å². The first-order valence-electron chi connectivity index (χ1n) is 5.91. The molecule has 0 aliphatic carbocycles. The highest BCUT2D eigenvalue weighted by atomic mass is 16.5. The lowest BCUT2D eigenvalue weighted by atomic mass is 9.96. The molecule has 4 nitrogen and oxygen atoms in total. The van der Waals surface area contributed by atoms with Crippen molar-refractivity contribution in [3.05, 3.63) is 29.0 Å². The van der Waals surface area contributed by atoms with Crippen LogP contribution in [0.15, 0.2) is 12.1 Å². The molecule has 96 valence electrons. The second-order valence-corrected chi connectivity index (χ2v) is 4.53. The van der Waals surface area contributed by atoms with Crippen LogP contribution < -0.4 is 10.5 Å². The van der Waals surface area contributed by atoms with Gasteiger partial charge in [-0.3, -0.25) is 4.68 Å². The highest BCUT2D eigenvalue weighted by molar-refractivity contribution is 5.80. The molecule has 0 saturated heterocycles. The summed E-state index contributed by atoms with van der Waals surface area (Å²) in [6.07, 6.45) is 0. The Kier molecular flexibility index (Phi) is 3.03. The SMILES string of the molecule is COc1ccc(-c2c(C)nn(C)c2N)c(C)c1C. The van der Waals surface area contributed by atoms with Crippen molar-refractivity contribution < 1.29 is 4.74 Å². The summed E-state index contributed by atoms with van der Waals surface area (Å²) < 4.78 is 7.04. The van der Waals surface area contributed by atoms with Crippen molar-refractivity contribution >= 4 is 5.82 Å². The van der Waals surface area contributed by atoms with Gasteiger partial charge in [-0.25, -0.2) is 0 Å². The minimum absolute atomic E-state index is 0.695. The zero-order valence-corrected chi connectivity index (χ0v) is 11.5. The number of rotatable bonds is 2. The van der Waals surface area contributed by atoms with E-state index in [2.05, 4.69) is 18.9 Å². The number of nitrogens with two attached hydrogens (primary N) is 1. The molecule has 0 bridgehead atoms. The van der Waals surface area contributed by atoms with Gasteiger partial charge in [0.05, 0.1) is 12.8 Å². The van der Waals surface area contributed by atoms with Crippen LogP contribution in [0.25, 0.3) is 11.1 Å². The first-order chi connectivity index (χ1) is 8.47. The first kappa shape index (κ1) is 12.5. The third-order valence-corrected chi connectivity index (χ3v) is 3.49. The first-order valence-corrected chi connectivity index (χ1v) is 5.91. The molecule has 2 aromatic rings. The number of methoxy groups -OCH3 is 1. The van der Waals surface area contributed by atoms with Crippen LogP contribution in [0.4, 0.5) is 5.82 Å². The number of hydrogen-bond acceptors (Lipinski definition) is 3. The maximum absolute atomic E-state index is 6.09. The van der Waals surface area contributed by atoms with Gasteiger partial charge in [0.1, 0.15) is 11.6 Å². The highest BCUT2D eigenvalue weighted by Gasteiger charge is 2.16. The van der Waals surface area contributed by atoms with Crippen molar-refractivity contribution in [3.8, 4) is 16.9 Å². The van der Waals surface area contributed by atoms with E-state index in [4.69, 9.17) is 10.5 Å². The number of anilines is 1. The Morgan fingerprint density at radius 1 is 1.17 bits per heavy atom. The third-order valence-electron chi connectivity index (χ3n) is 3.49. The molecule has 0 spiro atoms. The minimum atomic E-state index is 0.695. The second-order valence-electron chi connectivity index (χ2n) is 4.53. The van der Waals surface area contributed by atoms with Crippen LogP contribution >= 0.6 is 0 Å². The van der Waals surface area contributed by atoms with Crippen LogP contribution in [-0.4, -0.2) is 16.9 Å². The van der Waals surface area contributed by atoms with Crippen LogP contribution in [0.2, 0.25) is 0 Å². The van der Waals surface area contributed by atoms with Gasteiger partial charge in [-0.2, -0.15) is 5.10 Å². The Balaban J connectivity index is 2.69. The molecule has 2 rings (SSSR count). The average Bonchev–Trinajstić information content (AvgIpc) is 2.58. The van der Waals surface area contributed by atoms with Crippen molar-refractivity contribution in [2.45, 2.75) is 20.8 Å². The van der Waals surface area contributed by atoms with E-state index in [1.165, 1.54) is 5.56 Å². The normalized spacial score (nSPS) is 10.7. The topological polar surface area (TPSA) is 53.1 Å². The smallest absolute Gasteiger partial charge is 0.129 e. The summed E-state index contributed by atoms with van der Waals surface area (Å²) >= 11 is 0. The summed E-state index contributed by atoms with van der Waals surface area (Å²) in [5.41, 5.74) is 11.5. The van der Waals surface area contributed by atoms with E-state index in [-0.39, 0.29) is 0 Å². The molecule has 0 fully saturated rings. The highest BCUT2D eigenvalue weighted by Crippen LogP contribution is 2.35. The predicted octanol–water partition coefficient (Wildman–Crippen LogP) is 2.60. The maximum atomic E-state index is 6.09. The van der Waals surface area contributed by atoms with Crippen molar-refractivity contribution in [3.63, 3.8) is 0 Å². The molecule has 0 aliphatic heterocycles. The molecule has 0 saturated carbocycles. The van der Waals surface area contributed by atoms with E-state index in [9.17, 15) is 0 Å². The second kappa shape index (κ2) is 4.37. The maximum Gasteiger partial charge on any atom is 0.129 e. The van der Waals surface area contributed by atoms with Gasteiger partial charge in [0, 0.05) is 12.6 Å². The van der Waals surface area contributed by atoms with Gasteiger partial charge in [0.2, 0.25) is 0 Å². The van der Waals surface area contributed by atoms with Gasteiger partial charge < -0.3 is 10.5 Å². The van der Waals surface area contributed by atoms with Crippen molar-refractivity contribution in [2.75, 3.05) is 12.8 Å². The van der Waals surface area contributed by atoms with E-state index in [0.29, 0.717) is 5.82 Å². The number of nitrogen functional groups attached to an aromatic ring is 1. The lowest BCUT2D eigenvalue weighted by Gasteiger charge is -2.12. The number of nitrogens with zero attached hydrogens (tertiary/aromatic N) is 2. The number of ether oxygens (including phenoxy) is 1. The van der Waals surface area contributed by atoms with E-state index >= 15 is 0 Å². The molecule has 1 aromatic carbocycles. The van der Waals surface area contributed by atoms with Crippen molar-refractivity contribution in [2.24, 2.45) is 7.05 Å². The van der Waals surface area contributed by atoms with Gasteiger partial charge in [-0.1, -0.05) is 6.07 Å². The van der Waals surface area contributed by atoms with Crippen LogP contribution in [0, 0.1) is 20.8 Å². The van der Waals surface area contributed by atoms with E-state index < -0.39 is 0 Å². The molecule has 0 radical (unpaired) electrons. The van der Waals surface area contributed by atoms with Crippen molar-refractivity contribution in [1.82, 2.24) is 9.78 Å². The molecule has 2 N–H and O–H groups in total. The Bertz CT molecular complexity index is 600. The number of benzene rings is 1. The summed E-state index contributed by atoms with van der Waals surface area (Å²) in [5, 5.41) is 4.36.